The SMILES string of the molecule is CCCC[N+](C(=N)OC)(C(=O)NSc1ccc(C(F)(F)F)cc1)C(=O)N(C)C. The molecule has 0 saturated heterocycles. The quantitative estimate of drug-likeness (QED) is 0.321. The Kier molecular flexibility index (Phi) is 8.30. The number of hydrogen-bond donors (Lipinski definition) is 2. The van der Waals surface area contributed by atoms with Gasteiger partial charge in [-0.2, -0.15) is 13.2 Å². The van der Waals surface area contributed by atoms with Crippen LogP contribution in [0.1, 0.15) is 25.3 Å². The molecule has 28 heavy (non-hydrogen) atoms. The number of ether oxygens (including phenoxy) is 1. The summed E-state index contributed by atoms with van der Waals surface area (Å²) in [5, 5.41) is 8.06. The third kappa shape index (κ3) is 5.38. The molecule has 1 rings (SSSR count). The van der Waals surface area contributed by atoms with Crippen LogP contribution < -0.4 is 4.72 Å². The van der Waals surface area contributed by atoms with Crippen molar-refractivity contribution >= 4 is 30.0 Å². The number of urea groups is 2. The van der Waals surface area contributed by atoms with Crippen LogP contribution in [-0.2, 0) is 10.9 Å². The minimum absolute atomic E-state index is 0.0135. The second-order valence-corrected chi connectivity index (χ2v) is 6.98. The molecule has 0 fully saturated rings. The topological polar surface area (TPSA) is 82.5 Å². The normalized spacial score (nSPS) is 13.4. The fraction of sp³-hybridized carbons (Fsp3) is 0.471. The van der Waals surface area contributed by atoms with E-state index in [1.54, 1.807) is 0 Å². The first-order valence-electron chi connectivity index (χ1n) is 8.38. The number of amides is 4. The van der Waals surface area contributed by atoms with Crippen molar-refractivity contribution in [2.45, 2.75) is 30.8 Å². The monoisotopic (exact) mass is 421 g/mol. The van der Waals surface area contributed by atoms with Gasteiger partial charge in [-0.1, -0.05) is 17.8 Å². The van der Waals surface area contributed by atoms with Crippen molar-refractivity contribution in [3.05, 3.63) is 29.8 Å². The van der Waals surface area contributed by atoms with Crippen molar-refractivity contribution in [3.63, 3.8) is 0 Å². The average Bonchev–Trinajstić information content (AvgIpc) is 2.65. The maximum absolute atomic E-state index is 12.9. The molecule has 1 unspecified atom stereocenters. The van der Waals surface area contributed by atoms with Crippen LogP contribution in [0.4, 0.5) is 22.8 Å². The van der Waals surface area contributed by atoms with Gasteiger partial charge in [0.2, 0.25) is 0 Å². The summed E-state index contributed by atoms with van der Waals surface area (Å²) in [5.41, 5.74) is -0.805. The number of carbonyl (C=O) groups is 2. The number of alkyl halides is 3. The molecular weight excluding hydrogens is 397 g/mol. The van der Waals surface area contributed by atoms with Gasteiger partial charge < -0.3 is 4.74 Å². The molecule has 156 valence electrons. The van der Waals surface area contributed by atoms with Gasteiger partial charge in [0.1, 0.15) is 6.54 Å². The van der Waals surface area contributed by atoms with Gasteiger partial charge >= 0.3 is 24.3 Å². The van der Waals surface area contributed by atoms with Crippen molar-refractivity contribution in [1.82, 2.24) is 9.62 Å². The molecular formula is C17H24F3N4O3S+. The van der Waals surface area contributed by atoms with E-state index < -0.39 is 34.3 Å². The van der Waals surface area contributed by atoms with Crippen LogP contribution >= 0.6 is 11.9 Å². The third-order valence-electron chi connectivity index (χ3n) is 3.88. The number of halogens is 3. The van der Waals surface area contributed by atoms with Gasteiger partial charge in [0.05, 0.1) is 12.7 Å². The second kappa shape index (κ2) is 9.78. The van der Waals surface area contributed by atoms with Crippen LogP contribution in [0.3, 0.4) is 0 Å². The summed E-state index contributed by atoms with van der Waals surface area (Å²) in [7, 11) is 4.11. The van der Waals surface area contributed by atoms with E-state index in [4.69, 9.17) is 10.1 Å². The molecule has 0 heterocycles. The van der Waals surface area contributed by atoms with E-state index in [1.165, 1.54) is 38.2 Å². The summed E-state index contributed by atoms with van der Waals surface area (Å²) in [4.78, 5) is 27.2. The van der Waals surface area contributed by atoms with Crippen LogP contribution in [0, 0.1) is 5.41 Å². The van der Waals surface area contributed by atoms with Gasteiger partial charge in [0, 0.05) is 19.0 Å². The number of amidine groups is 1. The zero-order valence-electron chi connectivity index (χ0n) is 16.1. The number of hydrogen-bond acceptors (Lipinski definition) is 5. The van der Waals surface area contributed by atoms with E-state index in [9.17, 15) is 22.8 Å². The molecule has 0 spiro atoms. The Hall–Kier alpha value is -2.27. The van der Waals surface area contributed by atoms with Crippen molar-refractivity contribution in [1.29, 1.82) is 5.41 Å². The number of unbranched alkanes of at least 4 members (excludes halogenated alkanes) is 1. The largest absolute Gasteiger partial charge is 0.445 e. The highest BCUT2D eigenvalue weighted by Gasteiger charge is 2.52. The van der Waals surface area contributed by atoms with Gasteiger partial charge in [-0.15, -0.1) is 0 Å². The molecule has 0 bridgehead atoms. The second-order valence-electron chi connectivity index (χ2n) is 6.10. The van der Waals surface area contributed by atoms with E-state index >= 15 is 0 Å². The lowest BCUT2D eigenvalue weighted by atomic mass is 10.2. The van der Waals surface area contributed by atoms with Crippen molar-refractivity contribution < 1.29 is 32.0 Å². The Labute approximate surface area is 166 Å². The first kappa shape index (κ1) is 23.8. The molecule has 0 aliphatic rings. The Morgan fingerprint density at radius 1 is 1.25 bits per heavy atom. The number of carbonyl (C=O) groups excluding carboxylic acids is 2. The zero-order valence-corrected chi connectivity index (χ0v) is 16.9. The molecule has 1 aromatic rings. The summed E-state index contributed by atoms with van der Waals surface area (Å²) >= 11 is 0.760. The van der Waals surface area contributed by atoms with Gasteiger partial charge in [-0.05, 0) is 42.6 Å². The molecule has 0 aliphatic carbocycles. The van der Waals surface area contributed by atoms with Gasteiger partial charge in [0.25, 0.3) is 0 Å². The third-order valence-corrected chi connectivity index (χ3v) is 4.67. The molecule has 0 aromatic heterocycles. The van der Waals surface area contributed by atoms with Gasteiger partial charge in [-0.3, -0.25) is 4.90 Å². The lowest BCUT2D eigenvalue weighted by molar-refractivity contribution is -0.687. The van der Waals surface area contributed by atoms with Crippen LogP contribution in [0.25, 0.3) is 0 Å². The van der Waals surface area contributed by atoms with Crippen molar-refractivity contribution in [2.24, 2.45) is 0 Å². The molecule has 1 aromatic carbocycles. The number of quaternary nitrogens is 1. The molecule has 11 heteroatoms. The Morgan fingerprint density at radius 3 is 2.25 bits per heavy atom. The highest BCUT2D eigenvalue weighted by atomic mass is 32.2. The average molecular weight is 421 g/mol. The molecule has 7 nitrogen and oxygen atoms in total. The summed E-state index contributed by atoms with van der Waals surface area (Å²) in [6.07, 6.45) is -3.30. The molecule has 2 N–H and O–H groups in total. The van der Waals surface area contributed by atoms with E-state index in [1.807, 2.05) is 6.92 Å². The lowest BCUT2D eigenvalue weighted by Crippen LogP contribution is -2.66. The molecule has 0 aliphatic heterocycles. The molecule has 0 saturated carbocycles. The van der Waals surface area contributed by atoms with Crippen LogP contribution in [0.15, 0.2) is 29.2 Å². The van der Waals surface area contributed by atoms with Gasteiger partial charge in [0.15, 0.2) is 0 Å². The summed E-state index contributed by atoms with van der Waals surface area (Å²) < 4.78 is 44.3. The highest BCUT2D eigenvalue weighted by molar-refractivity contribution is 7.98. The van der Waals surface area contributed by atoms with Crippen LogP contribution in [-0.4, -0.2) is 55.2 Å². The maximum atomic E-state index is 12.9. The van der Waals surface area contributed by atoms with Crippen LogP contribution in [0.5, 0.6) is 0 Å². The fourth-order valence-corrected chi connectivity index (χ4v) is 2.98. The fourth-order valence-electron chi connectivity index (χ4n) is 2.35. The zero-order chi connectivity index (χ0) is 21.5. The summed E-state index contributed by atoms with van der Waals surface area (Å²) in [6, 6.07) is 2.20. The standard InChI is InChI=1S/C17H23F3N4O3S/c1-5-6-11-24(14(21)27-4,16(26)23(2)3)15(25)22-28-13-9-7-12(8-10-13)17(18,19)20/h7-10,21H,5-6,11H2,1-4H3/p+1. The Morgan fingerprint density at radius 2 is 1.82 bits per heavy atom. The number of nitrogens with zero attached hydrogens (tertiary/aromatic N) is 2. The van der Waals surface area contributed by atoms with E-state index in [2.05, 4.69) is 4.72 Å². The van der Waals surface area contributed by atoms with Crippen molar-refractivity contribution in [3.8, 4) is 0 Å². The Balaban J connectivity index is 3.09. The summed E-state index contributed by atoms with van der Waals surface area (Å²) in [5.74, 6) is 0. The lowest BCUT2D eigenvalue weighted by Gasteiger charge is -2.31. The van der Waals surface area contributed by atoms with E-state index in [0.717, 1.165) is 24.1 Å². The predicted octanol–water partition coefficient (Wildman–Crippen LogP) is 4.30. The number of methoxy groups -OCH3 is 1. The molecule has 0 radical (unpaired) electrons. The first-order valence-corrected chi connectivity index (χ1v) is 9.20. The highest BCUT2D eigenvalue weighted by Crippen LogP contribution is 2.30. The van der Waals surface area contributed by atoms with Crippen molar-refractivity contribution in [2.75, 3.05) is 27.7 Å². The smallest absolute Gasteiger partial charge is 0.439 e. The predicted molar refractivity (Wildman–Crippen MR) is 99.7 cm³/mol. The number of nitrogens with one attached hydrogen (secondary N) is 2. The number of imide groups is 1. The summed E-state index contributed by atoms with van der Waals surface area (Å²) in [6.45, 7) is 1.89. The minimum Gasteiger partial charge on any atom is -0.439 e. The molecule has 1 atom stereocenters. The van der Waals surface area contributed by atoms with Gasteiger partial charge in [-0.25, -0.2) is 19.7 Å². The van der Waals surface area contributed by atoms with E-state index in [0.29, 0.717) is 17.7 Å². The molecule has 4 amide bonds. The van der Waals surface area contributed by atoms with Crippen LogP contribution in [0.2, 0.25) is 0 Å². The maximum Gasteiger partial charge on any atom is 0.445 e. The Bertz CT molecular complexity index is 711. The minimum atomic E-state index is -4.45. The van der Waals surface area contributed by atoms with E-state index in [-0.39, 0.29) is 6.54 Å². The number of benzene rings is 1. The number of rotatable bonds is 5. The first-order chi connectivity index (χ1) is 13.0.